The van der Waals surface area contributed by atoms with Crippen molar-refractivity contribution < 1.29 is 9.84 Å². The van der Waals surface area contributed by atoms with Crippen LogP contribution in [-0.2, 0) is 4.74 Å². The molecular weight excluding hydrogens is 184 g/mol. The summed E-state index contributed by atoms with van der Waals surface area (Å²) >= 11 is 1.77. The van der Waals surface area contributed by atoms with Gasteiger partial charge in [0.25, 0.3) is 0 Å². The van der Waals surface area contributed by atoms with E-state index in [1.165, 1.54) is 32.1 Å². The van der Waals surface area contributed by atoms with Crippen LogP contribution in [0.25, 0.3) is 0 Å². The maximum atomic E-state index is 8.55. The molecule has 78 valence electrons. The van der Waals surface area contributed by atoms with E-state index in [-0.39, 0.29) is 6.61 Å². The Morgan fingerprint density at radius 1 is 1.15 bits per heavy atom. The van der Waals surface area contributed by atoms with Crippen molar-refractivity contribution >= 4 is 11.8 Å². The van der Waals surface area contributed by atoms with Crippen molar-refractivity contribution in [2.75, 3.05) is 24.7 Å². The van der Waals surface area contributed by atoms with Gasteiger partial charge >= 0.3 is 0 Å². The number of aliphatic hydroxyl groups excluding tert-OH is 1. The van der Waals surface area contributed by atoms with Crippen molar-refractivity contribution in [2.45, 2.75) is 38.2 Å². The molecule has 0 spiro atoms. The van der Waals surface area contributed by atoms with Gasteiger partial charge in [-0.25, -0.2) is 0 Å². The van der Waals surface area contributed by atoms with E-state index in [2.05, 4.69) is 0 Å². The van der Waals surface area contributed by atoms with E-state index in [1.807, 2.05) is 0 Å². The molecule has 0 unspecified atom stereocenters. The van der Waals surface area contributed by atoms with Crippen LogP contribution in [0.5, 0.6) is 0 Å². The van der Waals surface area contributed by atoms with E-state index >= 15 is 0 Å². The first kappa shape index (κ1) is 11.3. The zero-order chi connectivity index (χ0) is 9.36. The predicted octanol–water partition coefficient (Wildman–Crippen LogP) is 2.06. The predicted molar refractivity (Wildman–Crippen MR) is 57.2 cm³/mol. The van der Waals surface area contributed by atoms with Crippen LogP contribution in [0.15, 0.2) is 0 Å². The summed E-state index contributed by atoms with van der Waals surface area (Å²) in [7, 11) is 0. The van der Waals surface area contributed by atoms with Crippen LogP contribution in [0.1, 0.15) is 32.1 Å². The Balaban J connectivity index is 1.86. The second-order valence-electron chi connectivity index (χ2n) is 3.47. The van der Waals surface area contributed by atoms with Crippen LogP contribution in [0.2, 0.25) is 0 Å². The second-order valence-corrected chi connectivity index (χ2v) is 4.69. The monoisotopic (exact) mass is 204 g/mol. The lowest BCUT2D eigenvalue weighted by atomic mass is 9.98. The van der Waals surface area contributed by atoms with E-state index in [4.69, 9.17) is 9.84 Å². The van der Waals surface area contributed by atoms with Crippen molar-refractivity contribution in [1.29, 1.82) is 0 Å². The molecule has 0 aromatic rings. The summed E-state index contributed by atoms with van der Waals surface area (Å²) < 4.78 is 5.73. The molecule has 2 nitrogen and oxygen atoms in total. The summed E-state index contributed by atoms with van der Waals surface area (Å²) in [4.78, 5) is 0. The molecule has 0 aliphatic heterocycles. The summed E-state index contributed by atoms with van der Waals surface area (Å²) in [5.41, 5.74) is 0. The molecule has 0 amide bonds. The van der Waals surface area contributed by atoms with E-state index in [1.54, 1.807) is 11.8 Å². The minimum Gasteiger partial charge on any atom is -0.396 e. The van der Waals surface area contributed by atoms with Gasteiger partial charge in [0.2, 0.25) is 0 Å². The number of rotatable bonds is 6. The van der Waals surface area contributed by atoms with Crippen LogP contribution in [0.3, 0.4) is 0 Å². The van der Waals surface area contributed by atoms with Gasteiger partial charge in [0.1, 0.15) is 0 Å². The van der Waals surface area contributed by atoms with Gasteiger partial charge in [-0.2, -0.15) is 11.8 Å². The third kappa shape index (κ3) is 5.55. The Labute approximate surface area is 85.0 Å². The van der Waals surface area contributed by atoms with Gasteiger partial charge in [0.15, 0.2) is 0 Å². The molecule has 13 heavy (non-hydrogen) atoms. The van der Waals surface area contributed by atoms with E-state index in [0.29, 0.717) is 6.10 Å². The quantitative estimate of drug-likeness (QED) is 0.672. The Kier molecular flexibility index (Phi) is 6.68. The van der Waals surface area contributed by atoms with Gasteiger partial charge in [-0.3, -0.25) is 0 Å². The van der Waals surface area contributed by atoms with Crippen LogP contribution in [0.4, 0.5) is 0 Å². The van der Waals surface area contributed by atoms with Crippen LogP contribution in [-0.4, -0.2) is 35.9 Å². The van der Waals surface area contributed by atoms with E-state index < -0.39 is 0 Å². The molecule has 0 radical (unpaired) electrons. The van der Waals surface area contributed by atoms with Crippen LogP contribution >= 0.6 is 11.8 Å². The molecule has 1 aliphatic rings. The number of thioether (sulfide) groups is 1. The molecule has 3 heteroatoms. The Morgan fingerprint density at radius 3 is 2.62 bits per heavy atom. The Hall–Kier alpha value is 0.270. The van der Waals surface area contributed by atoms with Gasteiger partial charge in [-0.05, 0) is 12.8 Å². The largest absolute Gasteiger partial charge is 0.396 e. The van der Waals surface area contributed by atoms with E-state index in [9.17, 15) is 0 Å². The minimum absolute atomic E-state index is 0.286. The summed E-state index contributed by atoms with van der Waals surface area (Å²) in [6.45, 7) is 1.14. The highest BCUT2D eigenvalue weighted by molar-refractivity contribution is 7.99. The van der Waals surface area contributed by atoms with E-state index in [0.717, 1.165) is 18.1 Å². The fourth-order valence-electron chi connectivity index (χ4n) is 1.67. The van der Waals surface area contributed by atoms with Crippen molar-refractivity contribution in [2.24, 2.45) is 0 Å². The number of hydrogen-bond acceptors (Lipinski definition) is 3. The molecule has 0 aromatic heterocycles. The average Bonchev–Trinajstić information content (AvgIpc) is 2.19. The second kappa shape index (κ2) is 7.65. The molecule has 0 heterocycles. The third-order valence-corrected chi connectivity index (χ3v) is 3.30. The first-order chi connectivity index (χ1) is 6.43. The summed E-state index contributed by atoms with van der Waals surface area (Å²) in [5, 5.41) is 8.55. The van der Waals surface area contributed by atoms with Gasteiger partial charge in [-0.15, -0.1) is 0 Å². The molecule has 1 aliphatic carbocycles. The highest BCUT2D eigenvalue weighted by Crippen LogP contribution is 2.20. The fraction of sp³-hybridized carbons (Fsp3) is 1.00. The van der Waals surface area contributed by atoms with Gasteiger partial charge in [-0.1, -0.05) is 19.3 Å². The number of aliphatic hydroxyl groups is 1. The SMILES string of the molecule is OCCSCCOC1CCCCC1. The smallest absolute Gasteiger partial charge is 0.0575 e. The standard InChI is InChI=1S/C10H20O2S/c11-6-8-13-9-7-12-10-4-2-1-3-5-10/h10-11H,1-9H2. The van der Waals surface area contributed by atoms with Crippen LogP contribution in [0, 0.1) is 0 Å². The maximum Gasteiger partial charge on any atom is 0.0575 e. The third-order valence-electron chi connectivity index (χ3n) is 2.37. The number of ether oxygens (including phenoxy) is 1. The summed E-state index contributed by atoms with van der Waals surface area (Å²) in [5.74, 6) is 1.87. The van der Waals surface area contributed by atoms with Crippen LogP contribution < -0.4 is 0 Å². The zero-order valence-corrected chi connectivity index (χ0v) is 9.02. The summed E-state index contributed by atoms with van der Waals surface area (Å²) in [6, 6.07) is 0. The van der Waals surface area contributed by atoms with Crippen molar-refractivity contribution in [3.63, 3.8) is 0 Å². The molecule has 1 fully saturated rings. The lowest BCUT2D eigenvalue weighted by Crippen LogP contribution is -2.18. The summed E-state index contributed by atoms with van der Waals surface area (Å²) in [6.07, 6.45) is 7.11. The van der Waals surface area contributed by atoms with Gasteiger partial charge in [0, 0.05) is 11.5 Å². The van der Waals surface area contributed by atoms with Crippen molar-refractivity contribution in [3.05, 3.63) is 0 Å². The zero-order valence-electron chi connectivity index (χ0n) is 8.21. The molecule has 1 N–H and O–H groups in total. The normalized spacial score (nSPS) is 19.2. The highest BCUT2D eigenvalue weighted by Gasteiger charge is 2.12. The molecule has 1 rings (SSSR count). The first-order valence-electron chi connectivity index (χ1n) is 5.23. The fourth-order valence-corrected chi connectivity index (χ4v) is 2.22. The van der Waals surface area contributed by atoms with Gasteiger partial charge in [0.05, 0.1) is 19.3 Å². The maximum absolute atomic E-state index is 8.55. The molecule has 0 aromatic carbocycles. The topological polar surface area (TPSA) is 29.5 Å². The Morgan fingerprint density at radius 2 is 1.92 bits per heavy atom. The lowest BCUT2D eigenvalue weighted by molar-refractivity contribution is 0.0385. The molecule has 0 atom stereocenters. The first-order valence-corrected chi connectivity index (χ1v) is 6.39. The molecule has 1 saturated carbocycles. The molecular formula is C10H20O2S. The average molecular weight is 204 g/mol. The van der Waals surface area contributed by atoms with Crippen molar-refractivity contribution in [3.8, 4) is 0 Å². The molecule has 0 saturated heterocycles. The minimum atomic E-state index is 0.286. The van der Waals surface area contributed by atoms with Gasteiger partial charge < -0.3 is 9.84 Å². The lowest BCUT2D eigenvalue weighted by Gasteiger charge is -2.21. The molecule has 0 bridgehead atoms. The highest BCUT2D eigenvalue weighted by atomic mass is 32.2. The van der Waals surface area contributed by atoms with Crippen molar-refractivity contribution in [1.82, 2.24) is 0 Å². The number of hydrogen-bond donors (Lipinski definition) is 1. The Bertz CT molecular complexity index is 113.